The van der Waals surface area contributed by atoms with Crippen molar-refractivity contribution >= 4 is 35.0 Å². The highest BCUT2D eigenvalue weighted by molar-refractivity contribution is 6.35. The zero-order valence-electron chi connectivity index (χ0n) is 15.6. The van der Waals surface area contributed by atoms with Crippen molar-refractivity contribution < 1.29 is 9.59 Å². The zero-order chi connectivity index (χ0) is 20.7. The zero-order valence-corrected chi connectivity index (χ0v) is 17.1. The molecule has 0 bridgehead atoms. The van der Waals surface area contributed by atoms with Gasteiger partial charge in [0.15, 0.2) is 0 Å². The predicted octanol–water partition coefficient (Wildman–Crippen LogP) is 4.44. The van der Waals surface area contributed by atoms with Gasteiger partial charge in [0.05, 0.1) is 16.7 Å². The summed E-state index contributed by atoms with van der Waals surface area (Å²) in [7, 11) is 0. The summed E-state index contributed by atoms with van der Waals surface area (Å²) in [5.41, 5.74) is 1.86. The van der Waals surface area contributed by atoms with Crippen molar-refractivity contribution in [2.45, 2.75) is 26.3 Å². The highest BCUT2D eigenvalue weighted by atomic mass is 35.5. The Morgan fingerprint density at radius 3 is 2.43 bits per heavy atom. The lowest BCUT2D eigenvalue weighted by Crippen LogP contribution is -2.47. The van der Waals surface area contributed by atoms with Gasteiger partial charge >= 0.3 is 0 Å². The second-order valence-corrected chi connectivity index (χ2v) is 7.52. The number of hydrogen-bond acceptors (Lipinski definition) is 3. The maximum atomic E-state index is 12.7. The van der Waals surface area contributed by atoms with Gasteiger partial charge in [0.2, 0.25) is 5.91 Å². The minimum absolute atomic E-state index is 0.114. The molecule has 0 fully saturated rings. The first-order valence-electron chi connectivity index (χ1n) is 8.83. The van der Waals surface area contributed by atoms with Crippen molar-refractivity contribution in [2.75, 3.05) is 6.54 Å². The lowest BCUT2D eigenvalue weighted by Gasteiger charge is -2.20. The summed E-state index contributed by atoms with van der Waals surface area (Å²) in [6.07, 6.45) is 0.443. The number of amides is 2. The third-order valence-electron chi connectivity index (χ3n) is 4.07. The van der Waals surface area contributed by atoms with Crippen molar-refractivity contribution in [3.63, 3.8) is 0 Å². The smallest absolute Gasteiger partial charge is 0.253 e. The Balaban J connectivity index is 2.21. The molecule has 2 N–H and O–H groups in total. The second-order valence-electron chi connectivity index (χ2n) is 6.71. The Morgan fingerprint density at radius 2 is 1.82 bits per heavy atom. The third-order valence-corrected chi connectivity index (χ3v) is 4.71. The van der Waals surface area contributed by atoms with Crippen LogP contribution in [-0.4, -0.2) is 24.4 Å². The van der Waals surface area contributed by atoms with Crippen molar-refractivity contribution in [1.29, 1.82) is 5.26 Å². The van der Waals surface area contributed by atoms with Gasteiger partial charge in [-0.05, 0) is 36.1 Å². The summed E-state index contributed by atoms with van der Waals surface area (Å²) in [5.74, 6) is -0.669. The molecule has 0 aromatic heterocycles. The first-order valence-corrected chi connectivity index (χ1v) is 9.59. The Morgan fingerprint density at radius 1 is 1.11 bits per heavy atom. The van der Waals surface area contributed by atoms with Gasteiger partial charge in [0.1, 0.15) is 12.6 Å². The van der Waals surface area contributed by atoms with Crippen molar-refractivity contribution in [2.24, 2.45) is 5.92 Å². The minimum Gasteiger partial charge on any atom is -0.341 e. The predicted molar refractivity (Wildman–Crippen MR) is 111 cm³/mol. The van der Waals surface area contributed by atoms with Crippen LogP contribution in [0.25, 0.3) is 11.1 Å². The van der Waals surface area contributed by atoms with E-state index in [9.17, 15) is 9.59 Å². The van der Waals surface area contributed by atoms with Crippen molar-refractivity contribution in [1.82, 2.24) is 10.6 Å². The van der Waals surface area contributed by atoms with E-state index in [0.29, 0.717) is 11.4 Å². The first kappa shape index (κ1) is 21.7. The summed E-state index contributed by atoms with van der Waals surface area (Å²) in [4.78, 5) is 24.9. The van der Waals surface area contributed by atoms with E-state index in [1.54, 1.807) is 24.3 Å². The van der Waals surface area contributed by atoms with Crippen LogP contribution in [0.2, 0.25) is 10.0 Å². The molecule has 0 radical (unpaired) electrons. The molecule has 7 heteroatoms. The number of nitriles is 1. The number of carbonyl (C=O) groups is 2. The normalized spacial score (nSPS) is 11.6. The molecule has 0 saturated carbocycles. The summed E-state index contributed by atoms with van der Waals surface area (Å²) in [6, 6.07) is 13.5. The molecule has 5 nitrogen and oxygen atoms in total. The fourth-order valence-electron chi connectivity index (χ4n) is 2.75. The van der Waals surface area contributed by atoms with Crippen LogP contribution in [0.4, 0.5) is 0 Å². The van der Waals surface area contributed by atoms with Gasteiger partial charge in [0, 0.05) is 10.6 Å². The Hall–Kier alpha value is -2.55. The summed E-state index contributed by atoms with van der Waals surface area (Å²) in [6.45, 7) is 3.78. The van der Waals surface area contributed by atoms with Crippen LogP contribution in [0.3, 0.4) is 0 Å². The van der Waals surface area contributed by atoms with Gasteiger partial charge in [-0.1, -0.05) is 61.3 Å². The molecule has 0 unspecified atom stereocenters. The van der Waals surface area contributed by atoms with E-state index in [0.717, 1.165) is 11.1 Å². The Kier molecular flexibility index (Phi) is 7.86. The molecule has 146 valence electrons. The lowest BCUT2D eigenvalue weighted by molar-refractivity contribution is -0.123. The number of halogens is 2. The average molecular weight is 418 g/mol. The number of hydrogen-bond donors (Lipinski definition) is 2. The number of benzene rings is 2. The first-order chi connectivity index (χ1) is 13.3. The van der Waals surface area contributed by atoms with Crippen LogP contribution in [0.5, 0.6) is 0 Å². The molecule has 0 aliphatic heterocycles. The van der Waals surface area contributed by atoms with Crippen LogP contribution in [0, 0.1) is 17.2 Å². The molecule has 2 rings (SSSR count). The summed E-state index contributed by atoms with van der Waals surface area (Å²) < 4.78 is 0. The van der Waals surface area contributed by atoms with Crippen molar-refractivity contribution in [3.05, 3.63) is 58.1 Å². The van der Waals surface area contributed by atoms with Crippen LogP contribution in [-0.2, 0) is 4.79 Å². The van der Waals surface area contributed by atoms with Crippen LogP contribution < -0.4 is 10.6 Å². The molecular weight excluding hydrogens is 397 g/mol. The largest absolute Gasteiger partial charge is 0.341 e. The molecule has 2 amide bonds. The SMILES string of the molecule is CC(C)C[C@H](NC(=O)c1ccc(-c2ccccc2Cl)cc1Cl)C(=O)NCC#N. The van der Waals surface area contributed by atoms with E-state index < -0.39 is 17.9 Å². The van der Waals surface area contributed by atoms with E-state index in [1.165, 1.54) is 0 Å². The molecular formula is C21H21Cl2N3O2. The van der Waals surface area contributed by atoms with Gasteiger partial charge < -0.3 is 10.6 Å². The average Bonchev–Trinajstić information content (AvgIpc) is 2.65. The topological polar surface area (TPSA) is 82.0 Å². The second kappa shape index (κ2) is 10.1. The standard InChI is InChI=1S/C21H21Cl2N3O2/c1-13(2)11-19(21(28)25-10-9-24)26-20(27)16-8-7-14(12-18(16)23)15-5-3-4-6-17(15)22/h3-8,12-13,19H,10-11H2,1-2H3,(H,25,28)(H,26,27)/t19-/m0/s1. The van der Waals surface area contributed by atoms with E-state index in [2.05, 4.69) is 10.6 Å². The van der Waals surface area contributed by atoms with Gasteiger partial charge in [0.25, 0.3) is 5.91 Å². The third kappa shape index (κ3) is 5.72. The van der Waals surface area contributed by atoms with E-state index >= 15 is 0 Å². The maximum Gasteiger partial charge on any atom is 0.253 e. The van der Waals surface area contributed by atoms with E-state index in [4.69, 9.17) is 28.5 Å². The number of nitrogens with zero attached hydrogens (tertiary/aromatic N) is 1. The highest BCUT2D eigenvalue weighted by Gasteiger charge is 2.23. The molecule has 0 spiro atoms. The van der Waals surface area contributed by atoms with Gasteiger partial charge in [-0.15, -0.1) is 0 Å². The van der Waals surface area contributed by atoms with Gasteiger partial charge in [-0.3, -0.25) is 9.59 Å². The minimum atomic E-state index is -0.750. The highest BCUT2D eigenvalue weighted by Crippen LogP contribution is 2.30. The lowest BCUT2D eigenvalue weighted by atomic mass is 10.0. The van der Waals surface area contributed by atoms with Crippen molar-refractivity contribution in [3.8, 4) is 17.2 Å². The fraction of sp³-hybridized carbons (Fsp3) is 0.286. The summed E-state index contributed by atoms with van der Waals surface area (Å²) in [5, 5.41) is 14.7. The Labute approximate surface area is 174 Å². The molecule has 0 heterocycles. The molecule has 1 atom stereocenters. The molecule has 28 heavy (non-hydrogen) atoms. The van der Waals surface area contributed by atoms with Crippen LogP contribution in [0.15, 0.2) is 42.5 Å². The quantitative estimate of drug-likeness (QED) is 0.652. The maximum absolute atomic E-state index is 12.7. The number of carbonyl (C=O) groups excluding carboxylic acids is 2. The molecule has 2 aromatic rings. The molecule has 2 aromatic carbocycles. The Bertz CT molecular complexity index is 907. The van der Waals surface area contributed by atoms with Gasteiger partial charge in [-0.25, -0.2) is 0 Å². The number of rotatable bonds is 7. The van der Waals surface area contributed by atoms with Gasteiger partial charge in [-0.2, -0.15) is 5.26 Å². The number of nitrogens with one attached hydrogen (secondary N) is 2. The molecule has 0 aliphatic carbocycles. The van der Waals surface area contributed by atoms with E-state index in [-0.39, 0.29) is 23.0 Å². The molecule has 0 aliphatic rings. The fourth-order valence-corrected chi connectivity index (χ4v) is 3.26. The van der Waals surface area contributed by atoms with E-state index in [1.807, 2.05) is 38.1 Å². The molecule has 0 saturated heterocycles. The monoisotopic (exact) mass is 417 g/mol. The van der Waals surface area contributed by atoms with Crippen LogP contribution >= 0.6 is 23.2 Å². The summed E-state index contributed by atoms with van der Waals surface area (Å²) >= 11 is 12.5. The van der Waals surface area contributed by atoms with Crippen LogP contribution in [0.1, 0.15) is 30.6 Å².